The maximum atomic E-state index is 12.6. The van der Waals surface area contributed by atoms with Gasteiger partial charge in [-0.3, -0.25) is 14.6 Å². The molecule has 1 atom stereocenters. The number of anilines is 1. The van der Waals surface area contributed by atoms with Crippen molar-refractivity contribution in [2.45, 2.75) is 26.3 Å². The van der Waals surface area contributed by atoms with Crippen molar-refractivity contribution in [3.8, 4) is 11.5 Å². The minimum absolute atomic E-state index is 0.0514. The lowest BCUT2D eigenvalue weighted by Crippen LogP contribution is -2.53. The minimum atomic E-state index is -0.145. The SMILES string of the molecule is CCc1ccc(NC(=O)[C@@H](C)N2CCN(CCOc3ccc(OC)cc3)CC2)cc1. The van der Waals surface area contributed by atoms with Gasteiger partial charge in [-0.25, -0.2) is 0 Å². The number of ether oxygens (including phenoxy) is 2. The molecular weight excluding hydrogens is 378 g/mol. The molecule has 2 aromatic rings. The number of amides is 1. The van der Waals surface area contributed by atoms with E-state index in [-0.39, 0.29) is 11.9 Å². The van der Waals surface area contributed by atoms with Crippen molar-refractivity contribution >= 4 is 11.6 Å². The Balaban J connectivity index is 1.37. The summed E-state index contributed by atoms with van der Waals surface area (Å²) in [5, 5.41) is 3.04. The third-order valence-electron chi connectivity index (χ3n) is 5.70. The molecule has 1 N–H and O–H groups in total. The lowest BCUT2D eigenvalue weighted by molar-refractivity contribution is -0.121. The number of piperazine rings is 1. The molecule has 1 aliphatic rings. The predicted molar refractivity (Wildman–Crippen MR) is 120 cm³/mol. The standard InChI is InChI=1S/C24H33N3O3/c1-4-20-5-7-21(8-6-20)25-24(28)19(2)27-15-13-26(14-16-27)17-18-30-23-11-9-22(29-3)10-12-23/h5-12,19H,4,13-18H2,1-3H3,(H,25,28)/t19-/m1/s1. The van der Waals surface area contributed by atoms with Crippen LogP contribution in [0, 0.1) is 0 Å². The molecule has 1 fully saturated rings. The van der Waals surface area contributed by atoms with Crippen LogP contribution in [0.3, 0.4) is 0 Å². The van der Waals surface area contributed by atoms with Crippen LogP contribution in [0.1, 0.15) is 19.4 Å². The molecule has 1 heterocycles. The van der Waals surface area contributed by atoms with Crippen LogP contribution in [0.15, 0.2) is 48.5 Å². The first-order chi connectivity index (χ1) is 14.6. The average molecular weight is 412 g/mol. The van der Waals surface area contributed by atoms with Gasteiger partial charge in [0, 0.05) is 38.4 Å². The molecule has 6 heteroatoms. The summed E-state index contributed by atoms with van der Waals surface area (Å²) in [6.07, 6.45) is 1.00. The van der Waals surface area contributed by atoms with Gasteiger partial charge in [0.25, 0.3) is 0 Å². The Kier molecular flexibility index (Phi) is 8.11. The van der Waals surface area contributed by atoms with E-state index in [1.165, 1.54) is 5.56 Å². The number of aryl methyl sites for hydroxylation is 1. The molecule has 0 bridgehead atoms. The number of hydrogen-bond donors (Lipinski definition) is 1. The third kappa shape index (κ3) is 6.21. The molecule has 3 rings (SSSR count). The van der Waals surface area contributed by atoms with Gasteiger partial charge in [-0.05, 0) is 55.3 Å². The van der Waals surface area contributed by atoms with Gasteiger partial charge < -0.3 is 14.8 Å². The van der Waals surface area contributed by atoms with Crippen LogP contribution in [0.5, 0.6) is 11.5 Å². The molecule has 0 aromatic heterocycles. The van der Waals surface area contributed by atoms with Gasteiger partial charge in [-0.2, -0.15) is 0 Å². The summed E-state index contributed by atoms with van der Waals surface area (Å²) in [7, 11) is 1.66. The topological polar surface area (TPSA) is 54.0 Å². The molecule has 162 valence electrons. The first kappa shape index (κ1) is 22.1. The second-order valence-electron chi connectivity index (χ2n) is 7.62. The molecule has 1 saturated heterocycles. The van der Waals surface area contributed by atoms with Crippen molar-refractivity contribution in [3.63, 3.8) is 0 Å². The highest BCUT2D eigenvalue weighted by molar-refractivity contribution is 5.94. The summed E-state index contributed by atoms with van der Waals surface area (Å²) in [6, 6.07) is 15.6. The molecule has 30 heavy (non-hydrogen) atoms. The minimum Gasteiger partial charge on any atom is -0.497 e. The highest BCUT2D eigenvalue weighted by Crippen LogP contribution is 2.17. The van der Waals surface area contributed by atoms with Crippen molar-refractivity contribution in [2.24, 2.45) is 0 Å². The Bertz CT molecular complexity index is 784. The van der Waals surface area contributed by atoms with E-state index in [0.29, 0.717) is 6.61 Å². The molecular formula is C24H33N3O3. The molecule has 0 spiro atoms. The summed E-state index contributed by atoms with van der Waals surface area (Å²) in [5.74, 6) is 1.73. The van der Waals surface area contributed by atoms with Crippen molar-refractivity contribution in [1.29, 1.82) is 0 Å². The molecule has 0 saturated carbocycles. The number of rotatable bonds is 9. The summed E-state index contributed by atoms with van der Waals surface area (Å²) >= 11 is 0. The third-order valence-corrected chi connectivity index (χ3v) is 5.70. The van der Waals surface area contributed by atoms with E-state index in [4.69, 9.17) is 9.47 Å². The first-order valence-corrected chi connectivity index (χ1v) is 10.7. The monoisotopic (exact) mass is 411 g/mol. The van der Waals surface area contributed by atoms with E-state index in [1.807, 2.05) is 43.3 Å². The Labute approximate surface area is 179 Å². The van der Waals surface area contributed by atoms with Crippen molar-refractivity contribution in [2.75, 3.05) is 51.8 Å². The van der Waals surface area contributed by atoms with Crippen LogP contribution in [0.25, 0.3) is 0 Å². The number of carbonyl (C=O) groups is 1. The van der Waals surface area contributed by atoms with E-state index in [9.17, 15) is 4.79 Å². The maximum Gasteiger partial charge on any atom is 0.241 e. The van der Waals surface area contributed by atoms with Crippen molar-refractivity contribution in [3.05, 3.63) is 54.1 Å². The lowest BCUT2D eigenvalue weighted by Gasteiger charge is -2.37. The maximum absolute atomic E-state index is 12.6. The Morgan fingerprint density at radius 1 is 1.00 bits per heavy atom. The van der Waals surface area contributed by atoms with Crippen LogP contribution in [-0.2, 0) is 11.2 Å². The molecule has 0 aliphatic carbocycles. The van der Waals surface area contributed by atoms with Gasteiger partial charge in [0.15, 0.2) is 0 Å². The number of carbonyl (C=O) groups excluding carboxylic acids is 1. The molecule has 2 aromatic carbocycles. The first-order valence-electron chi connectivity index (χ1n) is 10.7. The Morgan fingerprint density at radius 3 is 2.23 bits per heavy atom. The van der Waals surface area contributed by atoms with Gasteiger partial charge in [0.1, 0.15) is 18.1 Å². The van der Waals surface area contributed by atoms with Crippen molar-refractivity contribution in [1.82, 2.24) is 9.80 Å². The van der Waals surface area contributed by atoms with E-state index in [2.05, 4.69) is 34.2 Å². The number of benzene rings is 2. The fourth-order valence-corrected chi connectivity index (χ4v) is 3.58. The van der Waals surface area contributed by atoms with Crippen LogP contribution >= 0.6 is 0 Å². The predicted octanol–water partition coefficient (Wildman–Crippen LogP) is 3.28. The van der Waals surface area contributed by atoms with Gasteiger partial charge in [-0.1, -0.05) is 19.1 Å². The fraction of sp³-hybridized carbons (Fsp3) is 0.458. The number of methoxy groups -OCH3 is 1. The van der Waals surface area contributed by atoms with Gasteiger partial charge in [0.2, 0.25) is 5.91 Å². The Hall–Kier alpha value is -2.57. The zero-order valence-electron chi connectivity index (χ0n) is 18.3. The van der Waals surface area contributed by atoms with Gasteiger partial charge >= 0.3 is 0 Å². The smallest absolute Gasteiger partial charge is 0.241 e. The molecule has 6 nitrogen and oxygen atoms in total. The van der Waals surface area contributed by atoms with Crippen molar-refractivity contribution < 1.29 is 14.3 Å². The van der Waals surface area contributed by atoms with E-state index in [0.717, 1.165) is 56.3 Å². The number of nitrogens with one attached hydrogen (secondary N) is 1. The zero-order chi connectivity index (χ0) is 21.3. The second kappa shape index (κ2) is 11.0. The summed E-state index contributed by atoms with van der Waals surface area (Å²) < 4.78 is 11.0. The highest BCUT2D eigenvalue weighted by Gasteiger charge is 2.25. The molecule has 0 radical (unpaired) electrons. The van der Waals surface area contributed by atoms with Gasteiger partial charge in [0.05, 0.1) is 13.2 Å². The van der Waals surface area contributed by atoms with Crippen LogP contribution in [0.4, 0.5) is 5.69 Å². The lowest BCUT2D eigenvalue weighted by atomic mass is 10.1. The quantitative estimate of drug-likeness (QED) is 0.686. The van der Waals surface area contributed by atoms with E-state index >= 15 is 0 Å². The largest absolute Gasteiger partial charge is 0.497 e. The number of hydrogen-bond acceptors (Lipinski definition) is 5. The molecule has 1 amide bonds. The van der Waals surface area contributed by atoms with E-state index < -0.39 is 0 Å². The Morgan fingerprint density at radius 2 is 1.63 bits per heavy atom. The van der Waals surface area contributed by atoms with Gasteiger partial charge in [-0.15, -0.1) is 0 Å². The summed E-state index contributed by atoms with van der Waals surface area (Å²) in [6.45, 7) is 9.28. The zero-order valence-corrected chi connectivity index (χ0v) is 18.3. The second-order valence-corrected chi connectivity index (χ2v) is 7.62. The van der Waals surface area contributed by atoms with Crippen LogP contribution in [-0.4, -0.2) is 68.2 Å². The molecule has 1 aliphatic heterocycles. The van der Waals surface area contributed by atoms with Crippen LogP contribution in [0.2, 0.25) is 0 Å². The van der Waals surface area contributed by atoms with Crippen LogP contribution < -0.4 is 14.8 Å². The molecule has 0 unspecified atom stereocenters. The van der Waals surface area contributed by atoms with E-state index in [1.54, 1.807) is 7.11 Å². The summed E-state index contributed by atoms with van der Waals surface area (Å²) in [4.78, 5) is 17.3. The highest BCUT2D eigenvalue weighted by atomic mass is 16.5. The normalized spacial score (nSPS) is 16.1. The summed E-state index contributed by atoms with van der Waals surface area (Å²) in [5.41, 5.74) is 2.13. The average Bonchev–Trinajstić information content (AvgIpc) is 2.80. The fourth-order valence-electron chi connectivity index (χ4n) is 3.58. The number of nitrogens with zero attached hydrogens (tertiary/aromatic N) is 2.